The summed E-state index contributed by atoms with van der Waals surface area (Å²) in [4.78, 5) is 28.4. The van der Waals surface area contributed by atoms with E-state index in [1.807, 2.05) is 31.2 Å². The molecule has 2 aromatic rings. The maximum Gasteiger partial charge on any atom is 0.246 e. The molecule has 2 amide bonds. The number of benzene rings is 2. The van der Waals surface area contributed by atoms with Crippen molar-refractivity contribution < 1.29 is 22.8 Å². The first-order valence-electron chi connectivity index (χ1n) is 9.35. The third-order valence-corrected chi connectivity index (χ3v) is 4.95. The largest absolute Gasteiger partial charge is 0.329 e. The van der Waals surface area contributed by atoms with E-state index >= 15 is 0 Å². The second-order valence-electron chi connectivity index (χ2n) is 7.04. The number of rotatable bonds is 5. The summed E-state index contributed by atoms with van der Waals surface area (Å²) in [6.45, 7) is 2.50. The van der Waals surface area contributed by atoms with Gasteiger partial charge in [0.05, 0.1) is 0 Å². The normalized spacial score (nSPS) is 15.1. The second kappa shape index (κ2) is 8.65. The van der Waals surface area contributed by atoms with E-state index in [1.54, 1.807) is 4.90 Å². The lowest BCUT2D eigenvalue weighted by Gasteiger charge is -2.22. The third-order valence-electron chi connectivity index (χ3n) is 4.95. The minimum atomic E-state index is -1.28. The zero-order valence-electron chi connectivity index (χ0n) is 16.0. The first kappa shape index (κ1) is 20.9. The number of carbonyl (C=O) groups excluding carboxylic acids is 2. The zero-order valence-corrected chi connectivity index (χ0v) is 16.0. The minimum Gasteiger partial charge on any atom is -0.329 e. The lowest BCUT2D eigenvalue weighted by atomic mass is 10.0. The molecule has 2 aromatic carbocycles. The molecule has 3 rings (SSSR count). The van der Waals surface area contributed by atoms with Crippen LogP contribution in [-0.4, -0.2) is 35.8 Å². The summed E-state index contributed by atoms with van der Waals surface area (Å²) in [6, 6.07) is 7.76. The molecule has 2 N–H and O–H groups in total. The molecule has 1 aliphatic rings. The van der Waals surface area contributed by atoms with Crippen molar-refractivity contribution in [3.05, 3.63) is 65.0 Å². The molecule has 1 atom stereocenters. The highest BCUT2D eigenvalue weighted by molar-refractivity contribution is 5.98. The predicted molar refractivity (Wildman–Crippen MR) is 102 cm³/mol. The topological polar surface area (TPSA) is 66.6 Å². The van der Waals surface area contributed by atoms with Gasteiger partial charge in [0, 0.05) is 37.3 Å². The summed E-state index contributed by atoms with van der Waals surface area (Å²) in [5.74, 6) is -3.93. The number of anilines is 1. The molecule has 0 fully saturated rings. The van der Waals surface area contributed by atoms with Crippen LogP contribution in [-0.2, 0) is 22.6 Å². The van der Waals surface area contributed by atoms with E-state index in [2.05, 4.69) is 0 Å². The molecular formula is C21H22F3N3O2. The van der Waals surface area contributed by atoms with Crippen LogP contribution in [0.5, 0.6) is 0 Å². The van der Waals surface area contributed by atoms with Gasteiger partial charge in [-0.3, -0.25) is 9.59 Å². The molecule has 0 saturated carbocycles. The maximum atomic E-state index is 13.8. The Labute approximate surface area is 166 Å². The Morgan fingerprint density at radius 2 is 1.79 bits per heavy atom. The molecule has 0 aromatic heterocycles. The van der Waals surface area contributed by atoms with Crippen LogP contribution in [0, 0.1) is 17.5 Å². The van der Waals surface area contributed by atoms with Crippen LogP contribution in [0.3, 0.4) is 0 Å². The summed E-state index contributed by atoms with van der Waals surface area (Å²) >= 11 is 0. The van der Waals surface area contributed by atoms with Gasteiger partial charge in [-0.05, 0) is 36.6 Å². The first-order valence-corrected chi connectivity index (χ1v) is 9.35. The Balaban J connectivity index is 1.72. The highest BCUT2D eigenvalue weighted by Gasteiger charge is 2.28. The molecule has 0 radical (unpaired) electrons. The number of halogens is 3. The Morgan fingerprint density at radius 1 is 1.10 bits per heavy atom. The molecule has 0 spiro atoms. The van der Waals surface area contributed by atoms with Crippen LogP contribution < -0.4 is 10.6 Å². The highest BCUT2D eigenvalue weighted by Crippen LogP contribution is 2.26. The monoisotopic (exact) mass is 405 g/mol. The smallest absolute Gasteiger partial charge is 0.246 e. The van der Waals surface area contributed by atoms with Gasteiger partial charge in [0.2, 0.25) is 11.8 Å². The summed E-state index contributed by atoms with van der Waals surface area (Å²) in [5.41, 5.74) is 7.48. The molecule has 0 saturated heterocycles. The van der Waals surface area contributed by atoms with Crippen LogP contribution in [0.2, 0.25) is 0 Å². The number of hydrogen-bond donors (Lipinski definition) is 1. The van der Waals surface area contributed by atoms with Crippen molar-refractivity contribution in [1.29, 1.82) is 0 Å². The fraction of sp³-hybridized carbons (Fsp3) is 0.333. The number of carbonyl (C=O) groups is 2. The number of fused-ring (bicyclic) bond motifs is 1. The SMILES string of the molecule is CCN1C(=O)CN(C(=O)C[C@H](N)Cc2cc(F)c(F)cc2F)Cc2ccccc21. The molecule has 29 heavy (non-hydrogen) atoms. The van der Waals surface area contributed by atoms with Crippen LogP contribution >= 0.6 is 0 Å². The average Bonchev–Trinajstić information content (AvgIpc) is 2.81. The van der Waals surface area contributed by atoms with Crippen molar-refractivity contribution in [2.45, 2.75) is 32.4 Å². The summed E-state index contributed by atoms with van der Waals surface area (Å²) < 4.78 is 40.3. The van der Waals surface area contributed by atoms with Crippen molar-refractivity contribution >= 4 is 17.5 Å². The van der Waals surface area contributed by atoms with E-state index in [-0.39, 0.29) is 43.3 Å². The van der Waals surface area contributed by atoms with Crippen LogP contribution in [0.25, 0.3) is 0 Å². The average molecular weight is 405 g/mol. The van der Waals surface area contributed by atoms with Crippen molar-refractivity contribution in [2.24, 2.45) is 5.73 Å². The molecule has 1 heterocycles. The lowest BCUT2D eigenvalue weighted by Crippen LogP contribution is -2.42. The van der Waals surface area contributed by atoms with Gasteiger partial charge >= 0.3 is 0 Å². The summed E-state index contributed by atoms with van der Waals surface area (Å²) in [5, 5.41) is 0. The molecule has 0 bridgehead atoms. The summed E-state index contributed by atoms with van der Waals surface area (Å²) in [7, 11) is 0. The molecule has 154 valence electrons. The van der Waals surface area contributed by atoms with Crippen molar-refractivity contribution in [1.82, 2.24) is 4.90 Å². The first-order chi connectivity index (χ1) is 13.8. The Kier molecular flexibility index (Phi) is 6.22. The van der Waals surface area contributed by atoms with Crippen LogP contribution in [0.1, 0.15) is 24.5 Å². The number of hydrogen-bond acceptors (Lipinski definition) is 3. The van der Waals surface area contributed by atoms with Gasteiger partial charge in [-0.1, -0.05) is 18.2 Å². The van der Waals surface area contributed by atoms with Gasteiger partial charge in [0.1, 0.15) is 12.4 Å². The van der Waals surface area contributed by atoms with E-state index in [1.165, 1.54) is 4.90 Å². The number of nitrogens with two attached hydrogens (primary N) is 1. The van der Waals surface area contributed by atoms with Crippen molar-refractivity contribution in [3.63, 3.8) is 0 Å². The predicted octanol–water partition coefficient (Wildman–Crippen LogP) is 2.76. The number of nitrogens with zero attached hydrogens (tertiary/aromatic N) is 2. The quantitative estimate of drug-likeness (QED) is 0.778. The molecule has 0 aliphatic carbocycles. The van der Waals surface area contributed by atoms with Gasteiger partial charge in [-0.25, -0.2) is 13.2 Å². The highest BCUT2D eigenvalue weighted by atomic mass is 19.2. The van der Waals surface area contributed by atoms with E-state index in [0.29, 0.717) is 12.6 Å². The van der Waals surface area contributed by atoms with Gasteiger partial charge < -0.3 is 15.5 Å². The number of amides is 2. The Bertz CT molecular complexity index is 935. The van der Waals surface area contributed by atoms with Crippen molar-refractivity contribution in [3.8, 4) is 0 Å². The molecule has 0 unspecified atom stereocenters. The fourth-order valence-corrected chi connectivity index (χ4v) is 3.50. The molecular weight excluding hydrogens is 383 g/mol. The molecule has 8 heteroatoms. The van der Waals surface area contributed by atoms with E-state index in [4.69, 9.17) is 5.73 Å². The van der Waals surface area contributed by atoms with Gasteiger partial charge in [-0.2, -0.15) is 0 Å². The van der Waals surface area contributed by atoms with Gasteiger partial charge in [0.25, 0.3) is 0 Å². The van der Waals surface area contributed by atoms with E-state index in [9.17, 15) is 22.8 Å². The lowest BCUT2D eigenvalue weighted by molar-refractivity contribution is -0.135. The van der Waals surface area contributed by atoms with Crippen LogP contribution in [0.15, 0.2) is 36.4 Å². The van der Waals surface area contributed by atoms with E-state index in [0.717, 1.165) is 17.3 Å². The van der Waals surface area contributed by atoms with Crippen molar-refractivity contribution in [2.75, 3.05) is 18.0 Å². The van der Waals surface area contributed by atoms with Crippen LogP contribution in [0.4, 0.5) is 18.9 Å². The Morgan fingerprint density at radius 3 is 2.52 bits per heavy atom. The standard InChI is InChI=1S/C21H22F3N3O2/c1-2-27-19-6-4-3-5-13(19)11-26(12-21(27)29)20(28)9-15(25)7-14-8-17(23)18(24)10-16(14)22/h3-6,8,10,15H,2,7,9,11-12,25H2,1H3/t15-/m1/s1. The number of likely N-dealkylation sites (N-methyl/N-ethyl adjacent to an activating group) is 1. The summed E-state index contributed by atoms with van der Waals surface area (Å²) in [6.07, 6.45) is -0.283. The fourth-order valence-electron chi connectivity index (χ4n) is 3.50. The molecule has 1 aliphatic heterocycles. The second-order valence-corrected chi connectivity index (χ2v) is 7.04. The maximum absolute atomic E-state index is 13.8. The zero-order chi connectivity index (χ0) is 21.1. The van der Waals surface area contributed by atoms with Gasteiger partial charge in [0.15, 0.2) is 11.6 Å². The van der Waals surface area contributed by atoms with E-state index < -0.39 is 23.5 Å². The third kappa shape index (κ3) is 4.59. The molecule has 5 nitrogen and oxygen atoms in total. The minimum absolute atomic E-state index is 0.0897. The van der Waals surface area contributed by atoms with Gasteiger partial charge in [-0.15, -0.1) is 0 Å². The Hall–Kier alpha value is -2.87. The number of para-hydroxylation sites is 1.